The van der Waals surface area contributed by atoms with E-state index in [1.165, 1.54) is 18.2 Å². The number of halogens is 1. The molecule has 2 aromatic carbocycles. The van der Waals surface area contributed by atoms with Gasteiger partial charge in [0.1, 0.15) is 22.9 Å². The van der Waals surface area contributed by atoms with Gasteiger partial charge in [0.25, 0.3) is 5.69 Å². The molecule has 0 saturated carbocycles. The van der Waals surface area contributed by atoms with Crippen LogP contribution in [0.15, 0.2) is 40.9 Å². The zero-order valence-electron chi connectivity index (χ0n) is 10.5. The molecule has 0 heterocycles. The second-order valence-electron chi connectivity index (χ2n) is 3.88. The molecule has 2 aromatic rings. The van der Waals surface area contributed by atoms with Gasteiger partial charge < -0.3 is 15.2 Å². The van der Waals surface area contributed by atoms with Crippen LogP contribution < -0.4 is 15.2 Å². The molecule has 0 aliphatic carbocycles. The molecule has 0 atom stereocenters. The van der Waals surface area contributed by atoms with Crippen LogP contribution in [0.25, 0.3) is 0 Å². The summed E-state index contributed by atoms with van der Waals surface area (Å²) in [5.41, 5.74) is 5.51. The molecule has 0 aromatic heterocycles. The van der Waals surface area contributed by atoms with Crippen molar-refractivity contribution < 1.29 is 14.4 Å². The third-order valence-corrected chi connectivity index (χ3v) is 3.18. The highest BCUT2D eigenvalue weighted by Gasteiger charge is 2.12. The molecule has 7 heteroatoms. The Bertz CT molecular complexity index is 661. The van der Waals surface area contributed by atoms with E-state index in [0.717, 1.165) is 0 Å². The standard InChI is InChI=1S/C13H11BrN2O4/c1-19-8-3-5-13(10(14)6-8)20-9-2-4-12(16(17)18)11(15)7-9/h2-7H,15H2,1H3. The third kappa shape index (κ3) is 3.00. The summed E-state index contributed by atoms with van der Waals surface area (Å²) < 4.78 is 11.4. The lowest BCUT2D eigenvalue weighted by atomic mass is 10.2. The number of anilines is 1. The summed E-state index contributed by atoms with van der Waals surface area (Å²) in [4.78, 5) is 10.1. The quantitative estimate of drug-likeness (QED) is 0.521. The molecule has 0 amide bonds. The highest BCUT2D eigenvalue weighted by molar-refractivity contribution is 9.10. The van der Waals surface area contributed by atoms with Crippen molar-refractivity contribution >= 4 is 27.3 Å². The molecule has 0 spiro atoms. The predicted molar refractivity (Wildman–Crippen MR) is 78.3 cm³/mol. The molecule has 0 fully saturated rings. The van der Waals surface area contributed by atoms with Gasteiger partial charge in [-0.3, -0.25) is 10.1 Å². The first-order chi connectivity index (χ1) is 9.51. The Hall–Kier alpha value is -2.28. The van der Waals surface area contributed by atoms with Gasteiger partial charge in [-0.15, -0.1) is 0 Å². The molecule has 0 unspecified atom stereocenters. The zero-order chi connectivity index (χ0) is 14.7. The van der Waals surface area contributed by atoms with Crippen LogP contribution in [0.4, 0.5) is 11.4 Å². The fraction of sp³-hybridized carbons (Fsp3) is 0.0769. The normalized spacial score (nSPS) is 10.1. The number of rotatable bonds is 4. The van der Waals surface area contributed by atoms with E-state index >= 15 is 0 Å². The Morgan fingerprint density at radius 1 is 1.20 bits per heavy atom. The summed E-state index contributed by atoms with van der Waals surface area (Å²) in [6, 6.07) is 9.43. The van der Waals surface area contributed by atoms with Crippen molar-refractivity contribution in [2.75, 3.05) is 12.8 Å². The lowest BCUT2D eigenvalue weighted by molar-refractivity contribution is -0.383. The van der Waals surface area contributed by atoms with E-state index in [-0.39, 0.29) is 11.4 Å². The largest absolute Gasteiger partial charge is 0.497 e. The monoisotopic (exact) mass is 338 g/mol. The van der Waals surface area contributed by atoms with Crippen LogP contribution in [0, 0.1) is 10.1 Å². The van der Waals surface area contributed by atoms with E-state index in [1.807, 2.05) is 0 Å². The summed E-state index contributed by atoms with van der Waals surface area (Å²) in [5.74, 6) is 1.66. The second kappa shape index (κ2) is 5.79. The van der Waals surface area contributed by atoms with Crippen molar-refractivity contribution in [1.82, 2.24) is 0 Å². The van der Waals surface area contributed by atoms with Gasteiger partial charge >= 0.3 is 0 Å². The van der Waals surface area contributed by atoms with Crippen molar-refractivity contribution in [3.8, 4) is 17.2 Å². The molecule has 0 aliphatic rings. The average molecular weight is 339 g/mol. The Labute approximate surface area is 123 Å². The molecule has 104 valence electrons. The van der Waals surface area contributed by atoms with Gasteiger partial charge in [0, 0.05) is 12.1 Å². The number of ether oxygens (including phenoxy) is 2. The van der Waals surface area contributed by atoms with Gasteiger partial charge in [-0.05, 0) is 40.2 Å². The third-order valence-electron chi connectivity index (χ3n) is 2.56. The summed E-state index contributed by atoms with van der Waals surface area (Å²) in [7, 11) is 1.57. The van der Waals surface area contributed by atoms with Crippen molar-refractivity contribution in [2.45, 2.75) is 0 Å². The topological polar surface area (TPSA) is 87.6 Å². The Kier molecular flexibility index (Phi) is 4.09. The number of methoxy groups -OCH3 is 1. The number of hydrogen-bond donors (Lipinski definition) is 1. The second-order valence-corrected chi connectivity index (χ2v) is 4.73. The average Bonchev–Trinajstić information content (AvgIpc) is 2.40. The maximum Gasteiger partial charge on any atom is 0.292 e. The van der Waals surface area contributed by atoms with E-state index < -0.39 is 4.92 Å². The van der Waals surface area contributed by atoms with Crippen molar-refractivity contribution in [2.24, 2.45) is 0 Å². The van der Waals surface area contributed by atoms with Crippen molar-refractivity contribution in [3.05, 3.63) is 51.0 Å². The first kappa shape index (κ1) is 14.1. The van der Waals surface area contributed by atoms with Gasteiger partial charge in [-0.25, -0.2) is 0 Å². The molecule has 0 bridgehead atoms. The van der Waals surface area contributed by atoms with Gasteiger partial charge in [0.15, 0.2) is 0 Å². The number of nitrogens with two attached hydrogens (primary N) is 1. The van der Waals surface area contributed by atoms with Crippen LogP contribution in [0.2, 0.25) is 0 Å². The number of nitrogen functional groups attached to an aromatic ring is 1. The summed E-state index contributed by atoms with van der Waals surface area (Å²) in [6.07, 6.45) is 0. The molecule has 0 saturated heterocycles. The maximum atomic E-state index is 10.7. The number of benzene rings is 2. The molecule has 20 heavy (non-hydrogen) atoms. The van der Waals surface area contributed by atoms with Crippen molar-refractivity contribution in [3.63, 3.8) is 0 Å². The minimum atomic E-state index is -0.539. The maximum absolute atomic E-state index is 10.7. The highest BCUT2D eigenvalue weighted by Crippen LogP contribution is 2.34. The van der Waals surface area contributed by atoms with E-state index in [4.69, 9.17) is 15.2 Å². The lowest BCUT2D eigenvalue weighted by Gasteiger charge is -2.09. The molecule has 0 radical (unpaired) electrons. The first-order valence-corrected chi connectivity index (χ1v) is 6.36. The van der Waals surface area contributed by atoms with Gasteiger partial charge in [-0.1, -0.05) is 0 Å². The fourth-order valence-corrected chi connectivity index (χ4v) is 2.02. The number of hydrogen-bond acceptors (Lipinski definition) is 5. The van der Waals surface area contributed by atoms with Crippen LogP contribution in [-0.2, 0) is 0 Å². The summed E-state index contributed by atoms with van der Waals surface area (Å²) in [6.45, 7) is 0. The van der Waals surface area contributed by atoms with Crippen LogP contribution in [0.3, 0.4) is 0 Å². The zero-order valence-corrected chi connectivity index (χ0v) is 12.1. The SMILES string of the molecule is COc1ccc(Oc2ccc([N+](=O)[O-])c(N)c2)c(Br)c1. The van der Waals surface area contributed by atoms with Gasteiger partial charge in [0.05, 0.1) is 16.5 Å². The van der Waals surface area contributed by atoms with Crippen molar-refractivity contribution in [1.29, 1.82) is 0 Å². The smallest absolute Gasteiger partial charge is 0.292 e. The first-order valence-electron chi connectivity index (χ1n) is 5.56. The molecule has 2 N–H and O–H groups in total. The van der Waals surface area contributed by atoms with Gasteiger partial charge in [-0.2, -0.15) is 0 Å². The minimum Gasteiger partial charge on any atom is -0.497 e. The molecule has 6 nitrogen and oxygen atoms in total. The number of nitro benzene ring substituents is 1. The van der Waals surface area contributed by atoms with E-state index in [1.54, 1.807) is 25.3 Å². The Balaban J connectivity index is 2.26. The lowest BCUT2D eigenvalue weighted by Crippen LogP contribution is -1.96. The van der Waals surface area contributed by atoms with E-state index in [9.17, 15) is 10.1 Å². The molecule has 2 rings (SSSR count). The summed E-state index contributed by atoms with van der Waals surface area (Å²) in [5, 5.41) is 10.7. The van der Waals surface area contributed by atoms with Crippen LogP contribution in [0.5, 0.6) is 17.2 Å². The predicted octanol–water partition coefficient (Wildman–Crippen LogP) is 3.74. The Morgan fingerprint density at radius 3 is 2.45 bits per heavy atom. The highest BCUT2D eigenvalue weighted by atomic mass is 79.9. The molecular weight excluding hydrogens is 328 g/mol. The molecular formula is C13H11BrN2O4. The number of nitrogens with zero attached hydrogens (tertiary/aromatic N) is 1. The van der Waals surface area contributed by atoms with Crippen LogP contribution in [-0.4, -0.2) is 12.0 Å². The molecule has 0 aliphatic heterocycles. The summed E-state index contributed by atoms with van der Waals surface area (Å²) >= 11 is 3.36. The van der Waals surface area contributed by atoms with E-state index in [0.29, 0.717) is 21.7 Å². The van der Waals surface area contributed by atoms with Crippen LogP contribution in [0.1, 0.15) is 0 Å². The van der Waals surface area contributed by atoms with E-state index in [2.05, 4.69) is 15.9 Å². The van der Waals surface area contributed by atoms with Crippen LogP contribution >= 0.6 is 15.9 Å². The fourth-order valence-electron chi connectivity index (χ4n) is 1.58. The number of nitro groups is 1. The minimum absolute atomic E-state index is 0.0529. The van der Waals surface area contributed by atoms with Gasteiger partial charge in [0.2, 0.25) is 0 Å². The Morgan fingerprint density at radius 2 is 1.90 bits per heavy atom.